The highest BCUT2D eigenvalue weighted by Crippen LogP contribution is 2.26. The largest absolute Gasteiger partial charge is 0.508 e. The maximum Gasteiger partial charge on any atom is 0.122 e. The fraction of sp³-hybridized carbons (Fsp3) is 0.455. The molecule has 0 aliphatic rings. The van der Waals surface area contributed by atoms with E-state index in [-0.39, 0.29) is 5.75 Å². The van der Waals surface area contributed by atoms with Crippen LogP contribution in [0.25, 0.3) is 0 Å². The molecule has 1 aromatic carbocycles. The van der Waals surface area contributed by atoms with Gasteiger partial charge in [-0.1, -0.05) is 6.07 Å². The highest BCUT2D eigenvalue weighted by atomic mass is 16.5. The molecule has 0 fully saturated rings. The highest BCUT2D eigenvalue weighted by Gasteiger charge is 2.16. The maximum atomic E-state index is 9.59. The van der Waals surface area contributed by atoms with E-state index in [2.05, 4.69) is 0 Å². The third kappa shape index (κ3) is 2.92. The number of rotatable bonds is 3. The van der Waals surface area contributed by atoms with E-state index in [0.717, 1.165) is 5.56 Å². The van der Waals surface area contributed by atoms with Gasteiger partial charge in [0.05, 0.1) is 12.7 Å². The molecule has 0 amide bonds. The monoisotopic (exact) mass is 196 g/mol. The lowest BCUT2D eigenvalue weighted by Crippen LogP contribution is -2.21. The smallest absolute Gasteiger partial charge is 0.122 e. The topological polar surface area (TPSA) is 49.7 Å². The number of benzene rings is 1. The summed E-state index contributed by atoms with van der Waals surface area (Å²) in [5, 5.41) is 19.2. The van der Waals surface area contributed by atoms with Gasteiger partial charge in [-0.05, 0) is 25.5 Å². The number of phenolic OH excluding ortho intramolecular Hbond substituents is 1. The third-order valence-corrected chi connectivity index (χ3v) is 1.92. The number of ether oxygens (including phenoxy) is 1. The van der Waals surface area contributed by atoms with Gasteiger partial charge in [0, 0.05) is 12.5 Å². The van der Waals surface area contributed by atoms with Crippen molar-refractivity contribution >= 4 is 0 Å². The molecule has 78 valence electrons. The Morgan fingerprint density at radius 2 is 2.00 bits per heavy atom. The van der Waals surface area contributed by atoms with E-state index in [0.29, 0.717) is 12.2 Å². The first-order chi connectivity index (χ1) is 6.42. The molecule has 0 atom stereocenters. The molecular formula is C11H16O3. The first-order valence-corrected chi connectivity index (χ1v) is 4.50. The summed E-state index contributed by atoms with van der Waals surface area (Å²) in [7, 11) is 1.55. The maximum absolute atomic E-state index is 9.59. The molecule has 0 saturated carbocycles. The fourth-order valence-corrected chi connectivity index (χ4v) is 1.29. The van der Waals surface area contributed by atoms with Gasteiger partial charge < -0.3 is 14.9 Å². The molecule has 1 rings (SSSR count). The summed E-state index contributed by atoms with van der Waals surface area (Å²) in [6.07, 6.45) is 0.419. The van der Waals surface area contributed by atoms with Crippen molar-refractivity contribution in [2.24, 2.45) is 0 Å². The fourth-order valence-electron chi connectivity index (χ4n) is 1.29. The zero-order valence-electron chi connectivity index (χ0n) is 8.74. The molecule has 0 aromatic heterocycles. The van der Waals surface area contributed by atoms with E-state index < -0.39 is 5.60 Å². The van der Waals surface area contributed by atoms with E-state index >= 15 is 0 Å². The van der Waals surface area contributed by atoms with Crippen molar-refractivity contribution in [3.05, 3.63) is 23.8 Å². The molecule has 14 heavy (non-hydrogen) atoms. The first-order valence-electron chi connectivity index (χ1n) is 4.50. The second-order valence-corrected chi connectivity index (χ2v) is 3.98. The molecule has 0 heterocycles. The Kier molecular flexibility index (Phi) is 3.01. The van der Waals surface area contributed by atoms with Crippen LogP contribution in [-0.4, -0.2) is 22.9 Å². The lowest BCUT2D eigenvalue weighted by Gasteiger charge is -2.17. The van der Waals surface area contributed by atoms with Crippen LogP contribution in [0, 0.1) is 0 Å². The predicted molar refractivity (Wildman–Crippen MR) is 54.7 cm³/mol. The minimum atomic E-state index is -0.813. The summed E-state index contributed by atoms with van der Waals surface area (Å²) < 4.78 is 4.96. The van der Waals surface area contributed by atoms with Gasteiger partial charge in [-0.15, -0.1) is 0 Å². The normalized spacial score (nSPS) is 11.4. The van der Waals surface area contributed by atoms with Gasteiger partial charge in [-0.3, -0.25) is 0 Å². The van der Waals surface area contributed by atoms with E-state index in [4.69, 9.17) is 4.74 Å². The van der Waals surface area contributed by atoms with Crippen molar-refractivity contribution in [3.63, 3.8) is 0 Å². The van der Waals surface area contributed by atoms with Gasteiger partial charge in [0.25, 0.3) is 0 Å². The van der Waals surface area contributed by atoms with Gasteiger partial charge in [0.2, 0.25) is 0 Å². The molecule has 2 N–H and O–H groups in total. The minimum Gasteiger partial charge on any atom is -0.508 e. The van der Waals surface area contributed by atoms with E-state index in [9.17, 15) is 10.2 Å². The molecule has 0 radical (unpaired) electrons. The zero-order valence-corrected chi connectivity index (χ0v) is 8.74. The van der Waals surface area contributed by atoms with Crippen molar-refractivity contribution in [1.82, 2.24) is 0 Å². The van der Waals surface area contributed by atoms with Crippen LogP contribution in [0.2, 0.25) is 0 Å². The molecule has 3 nitrogen and oxygen atoms in total. The first kappa shape index (κ1) is 10.9. The number of phenols is 1. The summed E-state index contributed by atoms with van der Waals surface area (Å²) in [6.45, 7) is 3.41. The predicted octanol–water partition coefficient (Wildman–Crippen LogP) is 1.71. The second kappa shape index (κ2) is 3.88. The number of aliphatic hydroxyl groups is 1. The average molecular weight is 196 g/mol. The van der Waals surface area contributed by atoms with E-state index in [1.54, 1.807) is 39.2 Å². The Hall–Kier alpha value is -1.22. The lowest BCUT2D eigenvalue weighted by molar-refractivity contribution is 0.0802. The Labute approximate surface area is 84.0 Å². The highest BCUT2D eigenvalue weighted by molar-refractivity contribution is 5.40. The average Bonchev–Trinajstić information content (AvgIpc) is 2.06. The van der Waals surface area contributed by atoms with Crippen LogP contribution in [0.3, 0.4) is 0 Å². The molecular weight excluding hydrogens is 180 g/mol. The molecule has 0 saturated heterocycles. The van der Waals surface area contributed by atoms with Crippen LogP contribution in [0.1, 0.15) is 19.4 Å². The summed E-state index contributed by atoms with van der Waals surface area (Å²) in [5.74, 6) is 0.772. The third-order valence-electron chi connectivity index (χ3n) is 1.92. The van der Waals surface area contributed by atoms with Crippen molar-refractivity contribution in [2.45, 2.75) is 25.9 Å². The SMILES string of the molecule is COc1ccc(CC(C)(C)O)c(O)c1. The van der Waals surface area contributed by atoms with Crippen molar-refractivity contribution in [2.75, 3.05) is 7.11 Å². The Bertz CT molecular complexity index is 313. The standard InChI is InChI=1S/C11H16O3/c1-11(2,13)7-8-4-5-9(14-3)6-10(8)12/h4-6,12-13H,7H2,1-3H3. The summed E-state index contributed by atoms with van der Waals surface area (Å²) >= 11 is 0. The van der Waals surface area contributed by atoms with Crippen LogP contribution in [-0.2, 0) is 6.42 Å². The molecule has 0 spiro atoms. The van der Waals surface area contributed by atoms with Gasteiger partial charge >= 0.3 is 0 Å². The summed E-state index contributed by atoms with van der Waals surface area (Å²) in [5.41, 5.74) is -0.0928. The van der Waals surface area contributed by atoms with E-state index in [1.807, 2.05) is 0 Å². The molecule has 1 aromatic rings. The van der Waals surface area contributed by atoms with Crippen molar-refractivity contribution < 1.29 is 14.9 Å². The van der Waals surface area contributed by atoms with Crippen LogP contribution in [0.5, 0.6) is 11.5 Å². The van der Waals surface area contributed by atoms with Gasteiger partial charge in [-0.25, -0.2) is 0 Å². The quantitative estimate of drug-likeness (QED) is 0.773. The number of hydrogen-bond donors (Lipinski definition) is 2. The number of methoxy groups -OCH3 is 1. The molecule has 0 aliphatic carbocycles. The van der Waals surface area contributed by atoms with Crippen LogP contribution >= 0.6 is 0 Å². The Morgan fingerprint density at radius 3 is 2.43 bits per heavy atom. The molecule has 0 unspecified atom stereocenters. The minimum absolute atomic E-state index is 0.159. The van der Waals surface area contributed by atoms with Crippen LogP contribution in [0.15, 0.2) is 18.2 Å². The van der Waals surface area contributed by atoms with Gasteiger partial charge in [-0.2, -0.15) is 0 Å². The van der Waals surface area contributed by atoms with Crippen LogP contribution < -0.4 is 4.74 Å². The summed E-state index contributed by atoms with van der Waals surface area (Å²) in [4.78, 5) is 0. The van der Waals surface area contributed by atoms with Crippen molar-refractivity contribution in [3.8, 4) is 11.5 Å². The Morgan fingerprint density at radius 1 is 1.36 bits per heavy atom. The number of aromatic hydroxyl groups is 1. The summed E-state index contributed by atoms with van der Waals surface area (Å²) in [6, 6.07) is 5.06. The van der Waals surface area contributed by atoms with Crippen molar-refractivity contribution in [1.29, 1.82) is 0 Å². The molecule has 0 aliphatic heterocycles. The lowest BCUT2D eigenvalue weighted by atomic mass is 9.98. The molecule has 0 bridgehead atoms. The zero-order chi connectivity index (χ0) is 10.8. The second-order valence-electron chi connectivity index (χ2n) is 3.98. The van der Waals surface area contributed by atoms with Gasteiger partial charge in [0.1, 0.15) is 11.5 Å². The molecule has 3 heteroatoms. The van der Waals surface area contributed by atoms with Gasteiger partial charge in [0.15, 0.2) is 0 Å². The van der Waals surface area contributed by atoms with E-state index in [1.165, 1.54) is 0 Å². The van der Waals surface area contributed by atoms with Crippen LogP contribution in [0.4, 0.5) is 0 Å². The number of hydrogen-bond acceptors (Lipinski definition) is 3. The Balaban J connectivity index is 2.89.